The molecule has 0 fully saturated rings. The topological polar surface area (TPSA) is 64.3 Å². The first kappa shape index (κ1) is 15.6. The van der Waals surface area contributed by atoms with E-state index in [1.54, 1.807) is 0 Å². The first-order valence-corrected chi connectivity index (χ1v) is 7.53. The van der Waals surface area contributed by atoms with Crippen molar-refractivity contribution in [3.8, 4) is 5.75 Å². The van der Waals surface area contributed by atoms with Crippen LogP contribution in [-0.2, 0) is 0 Å². The fraction of sp³-hybridized carbons (Fsp3) is 0.471. The number of allylic oxidation sites excluding steroid dienone is 2. The van der Waals surface area contributed by atoms with E-state index in [9.17, 15) is 4.79 Å². The van der Waals surface area contributed by atoms with Gasteiger partial charge >= 0.3 is 6.09 Å². The summed E-state index contributed by atoms with van der Waals surface area (Å²) in [7, 11) is 0. The predicted octanol–water partition coefficient (Wildman–Crippen LogP) is 3.22. The molecule has 0 unspecified atom stereocenters. The molecule has 0 spiro atoms. The normalized spacial score (nSPS) is 23.8. The lowest BCUT2D eigenvalue weighted by Crippen LogP contribution is -2.48. The van der Waals surface area contributed by atoms with E-state index in [0.29, 0.717) is 5.75 Å². The van der Waals surface area contributed by atoms with E-state index < -0.39 is 6.09 Å². The maximum atomic E-state index is 12.1. The number of ether oxygens (including phenoxy) is 1. The van der Waals surface area contributed by atoms with E-state index in [4.69, 9.17) is 10.5 Å². The lowest BCUT2D eigenvalue weighted by Gasteiger charge is -2.25. The van der Waals surface area contributed by atoms with E-state index in [0.717, 1.165) is 36.8 Å². The van der Waals surface area contributed by atoms with E-state index in [1.165, 1.54) is 0 Å². The zero-order valence-electron chi connectivity index (χ0n) is 12.8. The van der Waals surface area contributed by atoms with Crippen LogP contribution in [0.25, 0.3) is 0 Å². The lowest BCUT2D eigenvalue weighted by atomic mass is 9.96. The summed E-state index contributed by atoms with van der Waals surface area (Å²) >= 11 is 0. The number of rotatable bonds is 2. The molecule has 0 aliphatic heterocycles. The molecular formula is C17H24N2O2. The number of hydrogen-bond acceptors (Lipinski definition) is 3. The third-order valence-electron chi connectivity index (χ3n) is 3.90. The lowest BCUT2D eigenvalue weighted by molar-refractivity contribution is 0.191. The van der Waals surface area contributed by atoms with Gasteiger partial charge in [-0.2, -0.15) is 0 Å². The zero-order chi connectivity index (χ0) is 15.2. The first-order chi connectivity index (χ1) is 10.1. The Morgan fingerprint density at radius 1 is 1.19 bits per heavy atom. The number of hydrogen-bond donors (Lipinski definition) is 2. The molecule has 114 valence electrons. The summed E-state index contributed by atoms with van der Waals surface area (Å²) in [5.41, 5.74) is 8.05. The highest BCUT2D eigenvalue weighted by Crippen LogP contribution is 2.22. The third kappa shape index (κ3) is 4.33. The Morgan fingerprint density at radius 2 is 1.81 bits per heavy atom. The highest BCUT2D eigenvalue weighted by atomic mass is 16.6. The van der Waals surface area contributed by atoms with Crippen LogP contribution in [0.5, 0.6) is 5.75 Å². The molecule has 0 radical (unpaired) electrons. The Morgan fingerprint density at radius 3 is 2.48 bits per heavy atom. The zero-order valence-corrected chi connectivity index (χ0v) is 12.8. The van der Waals surface area contributed by atoms with E-state index in [2.05, 4.69) is 17.5 Å². The van der Waals surface area contributed by atoms with Gasteiger partial charge in [0.2, 0.25) is 0 Å². The maximum absolute atomic E-state index is 12.1. The molecule has 0 bridgehead atoms. The van der Waals surface area contributed by atoms with Gasteiger partial charge < -0.3 is 15.8 Å². The number of para-hydroxylation sites is 1. The van der Waals surface area contributed by atoms with Crippen LogP contribution in [0.1, 0.15) is 36.8 Å². The van der Waals surface area contributed by atoms with Crippen molar-refractivity contribution in [3.05, 3.63) is 41.5 Å². The molecule has 0 heterocycles. The van der Waals surface area contributed by atoms with Gasteiger partial charge in [-0.1, -0.05) is 30.4 Å². The van der Waals surface area contributed by atoms with Crippen molar-refractivity contribution in [2.45, 2.75) is 51.6 Å². The fourth-order valence-corrected chi connectivity index (χ4v) is 2.63. The summed E-state index contributed by atoms with van der Waals surface area (Å²) in [6.07, 6.45) is 7.51. The molecule has 3 N–H and O–H groups in total. The molecule has 1 amide bonds. The SMILES string of the molecule is Cc1cccc(C)c1OC(=O)N[C@@H]1CC/C=C/CC[C@@H]1N. The molecule has 1 aliphatic carbocycles. The molecule has 4 nitrogen and oxygen atoms in total. The smallest absolute Gasteiger partial charge is 0.410 e. The standard InChI is InChI=1S/C17H24N2O2/c1-12-8-7-9-13(2)16(12)21-17(20)19-15-11-6-4-3-5-10-14(15)18/h3-4,7-9,14-15H,5-6,10-11,18H2,1-2H3,(H,19,20)/b4-3+/t14-,15+/m0/s1. The largest absolute Gasteiger partial charge is 0.412 e. The molecule has 1 aliphatic rings. The average molecular weight is 288 g/mol. The molecule has 1 aromatic carbocycles. The molecule has 4 heteroatoms. The summed E-state index contributed by atoms with van der Waals surface area (Å²) < 4.78 is 5.48. The fourth-order valence-electron chi connectivity index (χ4n) is 2.63. The van der Waals surface area contributed by atoms with Crippen molar-refractivity contribution < 1.29 is 9.53 Å². The highest BCUT2D eigenvalue weighted by molar-refractivity contribution is 5.71. The van der Waals surface area contributed by atoms with Crippen LogP contribution < -0.4 is 15.8 Å². The number of amides is 1. The third-order valence-corrected chi connectivity index (χ3v) is 3.90. The second-order valence-electron chi connectivity index (χ2n) is 5.65. The van der Waals surface area contributed by atoms with Crippen LogP contribution in [-0.4, -0.2) is 18.2 Å². The van der Waals surface area contributed by atoms with Crippen molar-refractivity contribution in [2.75, 3.05) is 0 Å². The summed E-state index contributed by atoms with van der Waals surface area (Å²) in [5.74, 6) is 0.634. The summed E-state index contributed by atoms with van der Waals surface area (Å²) in [5, 5.41) is 2.92. The molecule has 21 heavy (non-hydrogen) atoms. The Hall–Kier alpha value is -1.81. The van der Waals surface area contributed by atoms with Gasteiger partial charge in [0.15, 0.2) is 0 Å². The summed E-state index contributed by atoms with van der Waals surface area (Å²) in [6, 6.07) is 5.75. The maximum Gasteiger partial charge on any atom is 0.412 e. The molecule has 0 saturated heterocycles. The summed E-state index contributed by atoms with van der Waals surface area (Å²) in [4.78, 5) is 12.1. The molecule has 2 atom stereocenters. The number of carbonyl (C=O) groups excluding carboxylic acids is 1. The number of carbonyl (C=O) groups is 1. The Kier molecular flexibility index (Phi) is 5.39. The Bertz CT molecular complexity index is 505. The van der Waals surface area contributed by atoms with Crippen molar-refractivity contribution in [2.24, 2.45) is 5.73 Å². The van der Waals surface area contributed by atoms with Crippen molar-refractivity contribution in [1.82, 2.24) is 5.32 Å². The minimum absolute atomic E-state index is 0.0273. The van der Waals surface area contributed by atoms with Gasteiger partial charge in [-0.3, -0.25) is 0 Å². The second kappa shape index (κ2) is 7.27. The van der Waals surface area contributed by atoms with Gasteiger partial charge in [-0.15, -0.1) is 0 Å². The van der Waals surface area contributed by atoms with Crippen LogP contribution in [0.15, 0.2) is 30.4 Å². The number of nitrogens with two attached hydrogens (primary N) is 1. The van der Waals surface area contributed by atoms with Gasteiger partial charge in [0.05, 0.1) is 0 Å². The Balaban J connectivity index is 1.99. The molecule has 0 aromatic heterocycles. The highest BCUT2D eigenvalue weighted by Gasteiger charge is 2.21. The van der Waals surface area contributed by atoms with Crippen LogP contribution in [0.3, 0.4) is 0 Å². The monoisotopic (exact) mass is 288 g/mol. The van der Waals surface area contributed by atoms with E-state index in [1.807, 2.05) is 32.0 Å². The van der Waals surface area contributed by atoms with Gasteiger partial charge in [0.1, 0.15) is 5.75 Å². The quantitative estimate of drug-likeness (QED) is 0.821. The van der Waals surface area contributed by atoms with Crippen molar-refractivity contribution in [1.29, 1.82) is 0 Å². The predicted molar refractivity (Wildman–Crippen MR) is 84.4 cm³/mol. The minimum Gasteiger partial charge on any atom is -0.410 e. The van der Waals surface area contributed by atoms with E-state index >= 15 is 0 Å². The number of benzene rings is 1. The first-order valence-electron chi connectivity index (χ1n) is 7.53. The Labute approximate surface area is 126 Å². The second-order valence-corrected chi connectivity index (χ2v) is 5.65. The molecular weight excluding hydrogens is 264 g/mol. The van der Waals surface area contributed by atoms with Crippen LogP contribution in [0, 0.1) is 13.8 Å². The van der Waals surface area contributed by atoms with Gasteiger partial charge in [0.25, 0.3) is 0 Å². The van der Waals surface area contributed by atoms with Crippen molar-refractivity contribution >= 4 is 6.09 Å². The van der Waals surface area contributed by atoms with E-state index in [-0.39, 0.29) is 12.1 Å². The van der Waals surface area contributed by atoms with Gasteiger partial charge in [0, 0.05) is 12.1 Å². The number of nitrogens with one attached hydrogen (secondary N) is 1. The van der Waals surface area contributed by atoms with Crippen LogP contribution in [0.4, 0.5) is 4.79 Å². The van der Waals surface area contributed by atoms with Crippen molar-refractivity contribution in [3.63, 3.8) is 0 Å². The molecule has 2 rings (SSSR count). The molecule has 0 saturated carbocycles. The van der Waals surface area contributed by atoms with Gasteiger partial charge in [-0.25, -0.2) is 4.79 Å². The molecule has 1 aromatic rings. The average Bonchev–Trinajstić information content (AvgIpc) is 2.43. The van der Waals surface area contributed by atoms with Crippen LogP contribution >= 0.6 is 0 Å². The van der Waals surface area contributed by atoms with Crippen LogP contribution in [0.2, 0.25) is 0 Å². The number of aryl methyl sites for hydroxylation is 2. The summed E-state index contributed by atoms with van der Waals surface area (Å²) in [6.45, 7) is 3.86. The van der Waals surface area contributed by atoms with Gasteiger partial charge in [-0.05, 0) is 50.7 Å². The minimum atomic E-state index is -0.419.